The highest BCUT2D eigenvalue weighted by atomic mass is 16.6. The lowest BCUT2D eigenvalue weighted by Crippen LogP contribution is -2.30. The fraction of sp³-hybridized carbons (Fsp3) is 0.740. The van der Waals surface area contributed by atoms with Gasteiger partial charge in [-0.2, -0.15) is 0 Å². The van der Waals surface area contributed by atoms with Gasteiger partial charge in [-0.15, -0.1) is 0 Å². The summed E-state index contributed by atoms with van der Waals surface area (Å²) in [7, 11) is 0. The SMILES string of the molecule is CC/C=C\C/C=C\C/C=C\CCCCC(=O)OC(COC(=O)CCCC/C=C\C/C=C\CC)COC(=O)CCCCCCCCCCCCCCCCCCC. The molecule has 0 fully saturated rings. The molecule has 0 aliphatic rings. The summed E-state index contributed by atoms with van der Waals surface area (Å²) in [5.41, 5.74) is 0. The van der Waals surface area contributed by atoms with Crippen molar-refractivity contribution in [1.29, 1.82) is 0 Å². The van der Waals surface area contributed by atoms with E-state index in [0.29, 0.717) is 19.3 Å². The van der Waals surface area contributed by atoms with Gasteiger partial charge in [0.15, 0.2) is 6.10 Å². The van der Waals surface area contributed by atoms with E-state index in [0.717, 1.165) is 83.5 Å². The van der Waals surface area contributed by atoms with Crippen molar-refractivity contribution < 1.29 is 28.6 Å². The zero-order valence-corrected chi connectivity index (χ0v) is 36.6. The maximum absolute atomic E-state index is 12.7. The first kappa shape index (κ1) is 53.1. The van der Waals surface area contributed by atoms with Gasteiger partial charge in [0.2, 0.25) is 0 Å². The van der Waals surface area contributed by atoms with E-state index in [1.165, 1.54) is 89.9 Å². The van der Waals surface area contributed by atoms with E-state index in [1.807, 2.05) is 0 Å². The molecule has 0 amide bonds. The summed E-state index contributed by atoms with van der Waals surface area (Å²) in [5, 5.41) is 0. The Morgan fingerprint density at radius 2 is 0.696 bits per heavy atom. The Hall–Kier alpha value is -2.89. The first-order valence-corrected chi connectivity index (χ1v) is 23.3. The molecule has 0 saturated carbocycles. The molecule has 1 unspecified atom stereocenters. The fourth-order valence-corrected chi connectivity index (χ4v) is 6.32. The third-order valence-corrected chi connectivity index (χ3v) is 9.77. The highest BCUT2D eigenvalue weighted by Gasteiger charge is 2.19. The molecule has 0 aromatic heterocycles. The molecule has 6 nitrogen and oxygen atoms in total. The van der Waals surface area contributed by atoms with Gasteiger partial charge < -0.3 is 14.2 Å². The van der Waals surface area contributed by atoms with Crippen molar-refractivity contribution >= 4 is 17.9 Å². The van der Waals surface area contributed by atoms with Crippen LogP contribution in [0.2, 0.25) is 0 Å². The predicted molar refractivity (Wildman–Crippen MR) is 238 cm³/mol. The summed E-state index contributed by atoms with van der Waals surface area (Å²) in [6, 6.07) is 0. The molecule has 0 aliphatic carbocycles. The van der Waals surface area contributed by atoms with Crippen LogP contribution in [0.15, 0.2) is 60.8 Å². The second kappa shape index (κ2) is 44.8. The molecule has 6 heteroatoms. The monoisotopic (exact) mass is 783 g/mol. The lowest BCUT2D eigenvalue weighted by atomic mass is 10.0. The smallest absolute Gasteiger partial charge is 0.306 e. The van der Waals surface area contributed by atoms with Crippen molar-refractivity contribution in [3.05, 3.63) is 60.8 Å². The first-order chi connectivity index (χ1) is 27.5. The molecule has 0 radical (unpaired) electrons. The van der Waals surface area contributed by atoms with Crippen LogP contribution in [0.1, 0.15) is 220 Å². The highest BCUT2D eigenvalue weighted by molar-refractivity contribution is 5.71. The van der Waals surface area contributed by atoms with E-state index >= 15 is 0 Å². The average Bonchev–Trinajstić information content (AvgIpc) is 3.19. The Morgan fingerprint density at radius 1 is 0.375 bits per heavy atom. The van der Waals surface area contributed by atoms with Gasteiger partial charge in [-0.1, -0.05) is 184 Å². The number of unbranched alkanes of at least 4 members (excludes halogenated alkanes) is 20. The van der Waals surface area contributed by atoms with Crippen LogP contribution < -0.4 is 0 Å². The van der Waals surface area contributed by atoms with Gasteiger partial charge in [0.25, 0.3) is 0 Å². The van der Waals surface area contributed by atoms with Gasteiger partial charge in [0.05, 0.1) is 0 Å². The zero-order chi connectivity index (χ0) is 40.8. The second-order valence-corrected chi connectivity index (χ2v) is 15.3. The molecule has 0 rings (SSSR count). The molecule has 0 heterocycles. The Balaban J connectivity index is 4.36. The number of esters is 3. The van der Waals surface area contributed by atoms with Gasteiger partial charge in [0, 0.05) is 19.3 Å². The van der Waals surface area contributed by atoms with E-state index in [-0.39, 0.29) is 37.5 Å². The van der Waals surface area contributed by atoms with E-state index in [1.54, 1.807) is 0 Å². The lowest BCUT2D eigenvalue weighted by Gasteiger charge is -2.18. The van der Waals surface area contributed by atoms with Crippen molar-refractivity contribution in [1.82, 2.24) is 0 Å². The van der Waals surface area contributed by atoms with Crippen LogP contribution in [-0.2, 0) is 28.6 Å². The van der Waals surface area contributed by atoms with Crippen molar-refractivity contribution in [3.8, 4) is 0 Å². The molecular weight excluding hydrogens is 697 g/mol. The van der Waals surface area contributed by atoms with Crippen molar-refractivity contribution in [2.24, 2.45) is 0 Å². The van der Waals surface area contributed by atoms with Crippen LogP contribution in [-0.4, -0.2) is 37.2 Å². The number of carbonyl (C=O) groups is 3. The second-order valence-electron chi connectivity index (χ2n) is 15.3. The minimum atomic E-state index is -0.802. The van der Waals surface area contributed by atoms with Crippen LogP contribution in [0.4, 0.5) is 0 Å². The van der Waals surface area contributed by atoms with E-state index in [4.69, 9.17) is 14.2 Å². The molecule has 0 aliphatic heterocycles. The number of hydrogen-bond acceptors (Lipinski definition) is 6. The number of hydrogen-bond donors (Lipinski definition) is 0. The number of ether oxygens (including phenoxy) is 3. The maximum Gasteiger partial charge on any atom is 0.306 e. The Bertz CT molecular complexity index is 1040. The summed E-state index contributed by atoms with van der Waals surface area (Å²) in [6.45, 7) is 6.33. The topological polar surface area (TPSA) is 78.9 Å². The van der Waals surface area contributed by atoms with Gasteiger partial charge in [0.1, 0.15) is 13.2 Å². The van der Waals surface area contributed by atoms with E-state index in [9.17, 15) is 14.4 Å². The highest BCUT2D eigenvalue weighted by Crippen LogP contribution is 2.15. The molecule has 0 aromatic rings. The molecule has 56 heavy (non-hydrogen) atoms. The van der Waals surface area contributed by atoms with Crippen LogP contribution in [0.25, 0.3) is 0 Å². The first-order valence-electron chi connectivity index (χ1n) is 23.3. The molecular formula is C50H86O6. The predicted octanol–water partition coefficient (Wildman–Crippen LogP) is 14.9. The van der Waals surface area contributed by atoms with Crippen molar-refractivity contribution in [2.75, 3.05) is 13.2 Å². The summed E-state index contributed by atoms with van der Waals surface area (Å²) < 4.78 is 16.6. The van der Waals surface area contributed by atoms with Crippen LogP contribution >= 0.6 is 0 Å². The Labute approximate surface area is 345 Å². The van der Waals surface area contributed by atoms with E-state index in [2.05, 4.69) is 81.5 Å². The minimum Gasteiger partial charge on any atom is -0.462 e. The Kier molecular flexibility index (Phi) is 42.5. The summed E-state index contributed by atoms with van der Waals surface area (Å²) in [6.07, 6.45) is 53.7. The largest absolute Gasteiger partial charge is 0.462 e. The van der Waals surface area contributed by atoms with Gasteiger partial charge >= 0.3 is 17.9 Å². The summed E-state index contributed by atoms with van der Waals surface area (Å²) >= 11 is 0. The summed E-state index contributed by atoms with van der Waals surface area (Å²) in [5.74, 6) is -0.978. The van der Waals surface area contributed by atoms with E-state index < -0.39 is 6.10 Å². The van der Waals surface area contributed by atoms with Gasteiger partial charge in [-0.05, 0) is 77.0 Å². The fourth-order valence-electron chi connectivity index (χ4n) is 6.32. The maximum atomic E-state index is 12.7. The molecule has 0 spiro atoms. The third kappa shape index (κ3) is 42.3. The zero-order valence-electron chi connectivity index (χ0n) is 36.6. The van der Waals surface area contributed by atoms with Crippen molar-refractivity contribution in [3.63, 3.8) is 0 Å². The quantitative estimate of drug-likeness (QED) is 0.0266. The molecule has 322 valence electrons. The molecule has 0 saturated heterocycles. The third-order valence-electron chi connectivity index (χ3n) is 9.77. The molecule has 0 bridgehead atoms. The van der Waals surface area contributed by atoms with Gasteiger partial charge in [-0.25, -0.2) is 0 Å². The van der Waals surface area contributed by atoms with Crippen LogP contribution in [0, 0.1) is 0 Å². The normalized spacial score (nSPS) is 12.6. The number of allylic oxidation sites excluding steroid dienone is 10. The van der Waals surface area contributed by atoms with Gasteiger partial charge in [-0.3, -0.25) is 14.4 Å². The molecule has 0 N–H and O–H groups in total. The summed E-state index contributed by atoms with van der Waals surface area (Å²) in [4.78, 5) is 37.7. The standard InChI is InChI=1S/C50H86O6/c1-4-7-10-13-16-19-21-23-24-25-26-27-29-31-34-37-40-43-49(52)55-46-47(45-54-48(51)42-39-36-33-30-18-15-12-9-6-3)56-50(53)44-41-38-35-32-28-22-20-17-14-11-8-5-2/h8-9,11-12,17-18,20,28,30,32,47H,4-7,10,13-16,19,21-27,29,31,33-46H2,1-3H3/b11-8-,12-9-,20-17-,30-18-,32-28-. The average molecular weight is 783 g/mol. The molecule has 0 aromatic carbocycles. The number of rotatable bonds is 41. The molecule has 1 atom stereocenters. The number of carbonyl (C=O) groups excluding carboxylic acids is 3. The van der Waals surface area contributed by atoms with Crippen molar-refractivity contribution in [2.45, 2.75) is 226 Å². The minimum absolute atomic E-state index is 0.0986. The lowest BCUT2D eigenvalue weighted by molar-refractivity contribution is -0.167. The Morgan fingerprint density at radius 3 is 1.09 bits per heavy atom. The van der Waals surface area contributed by atoms with Crippen LogP contribution in [0.5, 0.6) is 0 Å². The van der Waals surface area contributed by atoms with Crippen LogP contribution in [0.3, 0.4) is 0 Å².